The fraction of sp³-hybridized carbons (Fsp3) is 0.375. The second-order valence-electron chi connectivity index (χ2n) is 4.53. The molecule has 0 aliphatic rings. The molecule has 1 N–H and O–H groups in total. The van der Waals surface area contributed by atoms with Crippen molar-refractivity contribution in [3.8, 4) is 17.9 Å². The average Bonchev–Trinajstić information content (AvgIpc) is 2.50. The summed E-state index contributed by atoms with van der Waals surface area (Å²) in [6.07, 6.45) is 0. The first kappa shape index (κ1) is 16.7. The molecule has 0 saturated carbocycles. The molecular weight excluding hydrogens is 271 g/mol. The Morgan fingerprint density at radius 2 is 2.24 bits per heavy atom. The molecule has 0 saturated heterocycles. The highest BCUT2D eigenvalue weighted by molar-refractivity contribution is 5.94. The normalized spacial score (nSPS) is 11.0. The molecule has 1 atom stereocenters. The molecule has 5 heteroatoms. The SMILES string of the molecule is CCN(CC(C)C#N)C(=O)c1cc(C#CCO)ccc1F. The number of carbonyl (C=O) groups excluding carboxylic acids is 1. The zero-order chi connectivity index (χ0) is 15.8. The number of benzene rings is 1. The quantitative estimate of drug-likeness (QED) is 0.859. The number of hydrogen-bond donors (Lipinski definition) is 1. The minimum absolute atomic E-state index is 0.0771. The Kier molecular flexibility index (Phi) is 6.39. The van der Waals surface area contributed by atoms with Crippen LogP contribution >= 0.6 is 0 Å². The second-order valence-corrected chi connectivity index (χ2v) is 4.53. The number of rotatable bonds is 4. The fourth-order valence-corrected chi connectivity index (χ4v) is 1.81. The van der Waals surface area contributed by atoms with Crippen molar-refractivity contribution >= 4 is 5.91 Å². The molecule has 21 heavy (non-hydrogen) atoms. The molecule has 0 aromatic heterocycles. The lowest BCUT2D eigenvalue weighted by molar-refractivity contribution is 0.0748. The van der Waals surface area contributed by atoms with Crippen LogP contribution < -0.4 is 0 Å². The van der Waals surface area contributed by atoms with Gasteiger partial charge in [-0.2, -0.15) is 5.26 Å². The van der Waals surface area contributed by atoms with E-state index in [2.05, 4.69) is 17.9 Å². The van der Waals surface area contributed by atoms with Crippen LogP contribution in [-0.4, -0.2) is 35.6 Å². The van der Waals surface area contributed by atoms with Crippen LogP contribution in [0.1, 0.15) is 29.8 Å². The summed E-state index contributed by atoms with van der Waals surface area (Å²) in [5, 5.41) is 17.5. The molecule has 1 aromatic rings. The standard InChI is InChI=1S/C16H17FN2O2/c1-3-19(11-12(2)10-18)16(21)14-9-13(5-4-8-20)6-7-15(14)17/h6-7,9,12,20H,3,8,11H2,1-2H3. The molecule has 1 amide bonds. The first-order valence-corrected chi connectivity index (χ1v) is 6.61. The fourth-order valence-electron chi connectivity index (χ4n) is 1.81. The number of carbonyl (C=O) groups is 1. The molecule has 1 aromatic carbocycles. The van der Waals surface area contributed by atoms with Crippen molar-refractivity contribution in [3.63, 3.8) is 0 Å². The van der Waals surface area contributed by atoms with E-state index in [4.69, 9.17) is 10.4 Å². The smallest absolute Gasteiger partial charge is 0.256 e. The first-order chi connectivity index (χ1) is 10.0. The molecule has 1 rings (SSSR count). The Morgan fingerprint density at radius 1 is 1.52 bits per heavy atom. The van der Waals surface area contributed by atoms with E-state index in [1.54, 1.807) is 13.8 Å². The maximum Gasteiger partial charge on any atom is 0.256 e. The molecule has 4 nitrogen and oxygen atoms in total. The van der Waals surface area contributed by atoms with Crippen LogP contribution in [-0.2, 0) is 0 Å². The van der Waals surface area contributed by atoms with E-state index in [1.807, 2.05) is 0 Å². The third-order valence-electron chi connectivity index (χ3n) is 2.89. The van der Waals surface area contributed by atoms with Crippen molar-refractivity contribution in [3.05, 3.63) is 35.1 Å². The number of nitrogens with zero attached hydrogens (tertiary/aromatic N) is 2. The second kappa shape index (κ2) is 8.04. The van der Waals surface area contributed by atoms with Crippen molar-refractivity contribution in [2.75, 3.05) is 19.7 Å². The van der Waals surface area contributed by atoms with Crippen molar-refractivity contribution in [2.24, 2.45) is 5.92 Å². The van der Waals surface area contributed by atoms with Gasteiger partial charge in [0.2, 0.25) is 0 Å². The molecule has 0 aliphatic heterocycles. The highest BCUT2D eigenvalue weighted by Gasteiger charge is 2.20. The van der Waals surface area contributed by atoms with Crippen molar-refractivity contribution < 1.29 is 14.3 Å². The summed E-state index contributed by atoms with van der Waals surface area (Å²) >= 11 is 0. The molecular formula is C16H17FN2O2. The number of halogens is 1. The van der Waals surface area contributed by atoms with Gasteiger partial charge in [-0.25, -0.2) is 4.39 Å². The van der Waals surface area contributed by atoms with Gasteiger partial charge in [-0.15, -0.1) is 0 Å². The van der Waals surface area contributed by atoms with Crippen molar-refractivity contribution in [1.82, 2.24) is 4.90 Å². The zero-order valence-electron chi connectivity index (χ0n) is 12.1. The molecule has 0 spiro atoms. The van der Waals surface area contributed by atoms with Crippen LogP contribution in [0.4, 0.5) is 4.39 Å². The van der Waals surface area contributed by atoms with Gasteiger partial charge in [0.05, 0.1) is 17.6 Å². The maximum absolute atomic E-state index is 13.8. The molecule has 0 aliphatic carbocycles. The minimum Gasteiger partial charge on any atom is -0.384 e. The Labute approximate surface area is 123 Å². The predicted octanol–water partition coefficient (Wildman–Crippen LogP) is 1.79. The van der Waals surface area contributed by atoms with Gasteiger partial charge in [-0.1, -0.05) is 11.8 Å². The lowest BCUT2D eigenvalue weighted by atomic mass is 10.1. The summed E-state index contributed by atoms with van der Waals surface area (Å²) < 4.78 is 13.8. The largest absolute Gasteiger partial charge is 0.384 e. The third-order valence-corrected chi connectivity index (χ3v) is 2.89. The van der Waals surface area contributed by atoms with Crippen LogP contribution in [0, 0.1) is 34.9 Å². The van der Waals surface area contributed by atoms with Gasteiger partial charge in [-0.05, 0) is 32.0 Å². The minimum atomic E-state index is -0.627. The molecule has 1 unspecified atom stereocenters. The molecule has 110 valence electrons. The summed E-state index contributed by atoms with van der Waals surface area (Å²) in [6.45, 7) is 3.81. The van der Waals surface area contributed by atoms with Gasteiger partial charge >= 0.3 is 0 Å². The van der Waals surface area contributed by atoms with E-state index in [9.17, 15) is 9.18 Å². The monoisotopic (exact) mass is 288 g/mol. The van der Waals surface area contributed by atoms with Crippen LogP contribution in [0.15, 0.2) is 18.2 Å². The van der Waals surface area contributed by atoms with E-state index in [0.29, 0.717) is 12.1 Å². The van der Waals surface area contributed by atoms with E-state index < -0.39 is 11.7 Å². The lowest BCUT2D eigenvalue weighted by Crippen LogP contribution is -2.34. The van der Waals surface area contributed by atoms with Gasteiger partial charge in [0.1, 0.15) is 12.4 Å². The third kappa shape index (κ3) is 4.59. The van der Waals surface area contributed by atoms with E-state index in [0.717, 1.165) is 0 Å². The molecule has 0 bridgehead atoms. The van der Waals surface area contributed by atoms with E-state index in [1.165, 1.54) is 23.1 Å². The summed E-state index contributed by atoms with van der Waals surface area (Å²) in [5.41, 5.74) is 0.380. The van der Waals surface area contributed by atoms with Gasteiger partial charge in [-0.3, -0.25) is 4.79 Å². The molecule has 0 heterocycles. The zero-order valence-corrected chi connectivity index (χ0v) is 12.1. The summed E-state index contributed by atoms with van der Waals surface area (Å²) in [7, 11) is 0. The average molecular weight is 288 g/mol. The molecule has 0 fully saturated rings. The number of hydrogen-bond acceptors (Lipinski definition) is 3. The van der Waals surface area contributed by atoms with Gasteiger partial charge in [0, 0.05) is 18.7 Å². The predicted molar refractivity (Wildman–Crippen MR) is 76.7 cm³/mol. The first-order valence-electron chi connectivity index (χ1n) is 6.61. The number of amides is 1. The van der Waals surface area contributed by atoms with Crippen LogP contribution in [0.3, 0.4) is 0 Å². The lowest BCUT2D eigenvalue weighted by Gasteiger charge is -2.22. The van der Waals surface area contributed by atoms with Crippen LogP contribution in [0.25, 0.3) is 0 Å². The van der Waals surface area contributed by atoms with E-state index in [-0.39, 0.29) is 24.6 Å². The Balaban J connectivity index is 3.07. The van der Waals surface area contributed by atoms with Gasteiger partial charge < -0.3 is 10.0 Å². The number of aliphatic hydroxyl groups is 1. The maximum atomic E-state index is 13.8. The number of aliphatic hydroxyl groups excluding tert-OH is 1. The number of nitriles is 1. The Bertz CT molecular complexity index is 611. The summed E-state index contributed by atoms with van der Waals surface area (Å²) in [4.78, 5) is 13.8. The van der Waals surface area contributed by atoms with Crippen LogP contribution in [0.5, 0.6) is 0 Å². The van der Waals surface area contributed by atoms with Crippen molar-refractivity contribution in [1.29, 1.82) is 5.26 Å². The van der Waals surface area contributed by atoms with Gasteiger partial charge in [0.25, 0.3) is 5.91 Å². The summed E-state index contributed by atoms with van der Waals surface area (Å²) in [6, 6.07) is 6.04. The highest BCUT2D eigenvalue weighted by atomic mass is 19.1. The molecule has 0 radical (unpaired) electrons. The van der Waals surface area contributed by atoms with E-state index >= 15 is 0 Å². The van der Waals surface area contributed by atoms with Crippen LogP contribution in [0.2, 0.25) is 0 Å². The highest BCUT2D eigenvalue weighted by Crippen LogP contribution is 2.14. The van der Waals surface area contributed by atoms with Crippen molar-refractivity contribution in [2.45, 2.75) is 13.8 Å². The Morgan fingerprint density at radius 3 is 2.81 bits per heavy atom. The topological polar surface area (TPSA) is 64.3 Å². The Hall–Kier alpha value is -2.37. The summed E-state index contributed by atoms with van der Waals surface area (Å²) in [5.74, 6) is 3.67. The van der Waals surface area contributed by atoms with Gasteiger partial charge in [0.15, 0.2) is 0 Å².